The van der Waals surface area contributed by atoms with Crippen molar-refractivity contribution in [1.29, 1.82) is 0 Å². The highest BCUT2D eigenvalue weighted by Crippen LogP contribution is 2.32. The maximum absolute atomic E-state index is 13.5. The first kappa shape index (κ1) is 12.6. The number of nitrogens with zero attached hydrogens (tertiary/aromatic N) is 2. The number of hydrogen-bond donors (Lipinski definition) is 1. The number of benzene rings is 1. The fourth-order valence-corrected chi connectivity index (χ4v) is 3.04. The van der Waals surface area contributed by atoms with E-state index < -0.39 is 0 Å². The van der Waals surface area contributed by atoms with Crippen LogP contribution in [0.25, 0.3) is 11.0 Å². The van der Waals surface area contributed by atoms with Crippen molar-refractivity contribution >= 4 is 11.0 Å². The second kappa shape index (κ2) is 4.60. The number of hydrogen-bond acceptors (Lipinski definition) is 2. The lowest BCUT2D eigenvalue weighted by atomic mass is 9.97. The lowest BCUT2D eigenvalue weighted by molar-refractivity contribution is 0.492. The second-order valence-electron chi connectivity index (χ2n) is 5.81. The van der Waals surface area contributed by atoms with Crippen LogP contribution < -0.4 is 5.32 Å². The fraction of sp³-hybridized carbons (Fsp3) is 0.533. The van der Waals surface area contributed by atoms with Crippen LogP contribution in [0.5, 0.6) is 0 Å². The summed E-state index contributed by atoms with van der Waals surface area (Å²) < 4.78 is 15.7. The summed E-state index contributed by atoms with van der Waals surface area (Å²) in [5, 5.41) is 3.42. The van der Waals surface area contributed by atoms with Crippen LogP contribution in [-0.2, 0) is 0 Å². The molecule has 102 valence electrons. The Kier molecular flexibility index (Phi) is 3.05. The predicted octanol–water partition coefficient (Wildman–Crippen LogP) is 3.08. The van der Waals surface area contributed by atoms with Crippen molar-refractivity contribution in [3.05, 3.63) is 29.8 Å². The van der Waals surface area contributed by atoms with Crippen molar-refractivity contribution in [3.63, 3.8) is 0 Å². The summed E-state index contributed by atoms with van der Waals surface area (Å²) in [5.74, 6) is 1.88. The van der Waals surface area contributed by atoms with E-state index in [0.717, 1.165) is 29.9 Å². The van der Waals surface area contributed by atoms with E-state index in [4.69, 9.17) is 4.98 Å². The van der Waals surface area contributed by atoms with E-state index in [-0.39, 0.29) is 11.9 Å². The molecule has 3 rings (SSSR count). The van der Waals surface area contributed by atoms with E-state index in [2.05, 4.69) is 30.7 Å². The smallest absolute Gasteiger partial charge is 0.125 e. The third kappa shape index (κ3) is 2.04. The van der Waals surface area contributed by atoms with E-state index in [9.17, 15) is 4.39 Å². The molecule has 1 aliphatic heterocycles. The molecule has 0 bridgehead atoms. The van der Waals surface area contributed by atoms with Gasteiger partial charge in [-0.2, -0.15) is 0 Å². The van der Waals surface area contributed by atoms with Crippen LogP contribution in [0, 0.1) is 11.7 Å². The van der Waals surface area contributed by atoms with Gasteiger partial charge < -0.3 is 9.88 Å². The minimum absolute atomic E-state index is 0.196. The highest BCUT2D eigenvalue weighted by atomic mass is 19.1. The molecule has 2 atom stereocenters. The molecule has 0 saturated carbocycles. The summed E-state index contributed by atoms with van der Waals surface area (Å²) >= 11 is 0. The Balaban J connectivity index is 2.20. The third-order valence-electron chi connectivity index (χ3n) is 4.04. The minimum Gasteiger partial charge on any atom is -0.325 e. The zero-order chi connectivity index (χ0) is 13.6. The molecule has 19 heavy (non-hydrogen) atoms. The first-order chi connectivity index (χ1) is 9.08. The number of nitrogens with one attached hydrogen (secondary N) is 1. The summed E-state index contributed by atoms with van der Waals surface area (Å²) in [6.45, 7) is 8.49. The highest BCUT2D eigenvalue weighted by Gasteiger charge is 2.30. The Morgan fingerprint density at radius 2 is 2.16 bits per heavy atom. The van der Waals surface area contributed by atoms with Crippen molar-refractivity contribution in [2.45, 2.75) is 32.7 Å². The van der Waals surface area contributed by atoms with Crippen LogP contribution in [0.3, 0.4) is 0 Å². The Hall–Kier alpha value is -1.42. The number of halogens is 1. The molecule has 0 aliphatic carbocycles. The lowest BCUT2D eigenvalue weighted by Gasteiger charge is -2.19. The van der Waals surface area contributed by atoms with Crippen molar-refractivity contribution in [2.75, 3.05) is 13.1 Å². The molecule has 3 nitrogen and oxygen atoms in total. The summed E-state index contributed by atoms with van der Waals surface area (Å²) in [4.78, 5) is 4.76. The van der Waals surface area contributed by atoms with Crippen LogP contribution in [0.15, 0.2) is 18.2 Å². The van der Waals surface area contributed by atoms with Crippen molar-refractivity contribution in [2.24, 2.45) is 5.92 Å². The average Bonchev–Trinajstić information content (AvgIpc) is 2.91. The summed E-state index contributed by atoms with van der Waals surface area (Å²) in [6, 6.07) is 5.15. The van der Waals surface area contributed by atoms with Crippen LogP contribution in [0.1, 0.15) is 38.6 Å². The van der Waals surface area contributed by atoms with E-state index >= 15 is 0 Å². The number of imidazole rings is 1. The minimum atomic E-state index is -0.196. The number of fused-ring (bicyclic) bond motifs is 1. The average molecular weight is 261 g/mol. The molecular weight excluding hydrogens is 241 g/mol. The van der Waals surface area contributed by atoms with Gasteiger partial charge in [0, 0.05) is 18.5 Å². The summed E-state index contributed by atoms with van der Waals surface area (Å²) in [5.41, 5.74) is 1.80. The van der Waals surface area contributed by atoms with Crippen LogP contribution in [-0.4, -0.2) is 22.6 Å². The van der Waals surface area contributed by atoms with Gasteiger partial charge in [0.2, 0.25) is 0 Å². The molecule has 1 saturated heterocycles. The van der Waals surface area contributed by atoms with Gasteiger partial charge in [-0.25, -0.2) is 9.37 Å². The Morgan fingerprint density at radius 1 is 1.37 bits per heavy atom. The quantitative estimate of drug-likeness (QED) is 0.900. The van der Waals surface area contributed by atoms with Gasteiger partial charge in [-0.3, -0.25) is 0 Å². The second-order valence-corrected chi connectivity index (χ2v) is 5.81. The maximum atomic E-state index is 13.5. The molecule has 0 unspecified atom stereocenters. The highest BCUT2D eigenvalue weighted by molar-refractivity contribution is 5.76. The monoisotopic (exact) mass is 261 g/mol. The topological polar surface area (TPSA) is 29.9 Å². The van der Waals surface area contributed by atoms with Crippen LogP contribution in [0.4, 0.5) is 4.39 Å². The van der Waals surface area contributed by atoms with E-state index in [1.54, 1.807) is 12.1 Å². The molecule has 1 N–H and O–H groups in total. The normalized spacial score (nSPS) is 23.6. The molecule has 0 radical (unpaired) electrons. The Labute approximate surface area is 112 Å². The molecular formula is C15H20FN3. The van der Waals surface area contributed by atoms with E-state index in [0.29, 0.717) is 11.8 Å². The zero-order valence-electron chi connectivity index (χ0n) is 11.7. The van der Waals surface area contributed by atoms with E-state index in [1.807, 2.05) is 0 Å². The van der Waals surface area contributed by atoms with Crippen molar-refractivity contribution < 1.29 is 4.39 Å². The molecule has 0 amide bonds. The zero-order valence-corrected chi connectivity index (χ0v) is 11.7. The van der Waals surface area contributed by atoms with Gasteiger partial charge >= 0.3 is 0 Å². The van der Waals surface area contributed by atoms with E-state index in [1.165, 1.54) is 6.07 Å². The molecule has 2 heterocycles. The first-order valence-corrected chi connectivity index (χ1v) is 6.96. The van der Waals surface area contributed by atoms with Crippen molar-refractivity contribution in [3.8, 4) is 0 Å². The predicted molar refractivity (Wildman–Crippen MR) is 74.9 cm³/mol. The van der Waals surface area contributed by atoms with Gasteiger partial charge in [0.1, 0.15) is 11.6 Å². The molecule has 2 aromatic rings. The number of rotatable bonds is 2. The summed E-state index contributed by atoms with van der Waals surface area (Å²) in [6.07, 6.45) is 0. The Bertz CT molecular complexity index is 603. The summed E-state index contributed by atoms with van der Waals surface area (Å²) in [7, 11) is 0. The van der Waals surface area contributed by atoms with Gasteiger partial charge in [-0.15, -0.1) is 0 Å². The molecule has 1 aliphatic rings. The van der Waals surface area contributed by atoms with Gasteiger partial charge in [0.25, 0.3) is 0 Å². The standard InChI is InChI=1S/C15H20FN3/c1-9(2)19-14-6-11(16)4-5-13(14)18-15(19)12-8-17-7-10(12)3/h4-6,9-10,12,17H,7-8H2,1-3H3/t10-,12-/m1/s1. The van der Waals surface area contributed by atoms with Gasteiger partial charge in [0.15, 0.2) is 0 Å². The lowest BCUT2D eigenvalue weighted by Crippen LogP contribution is -2.16. The van der Waals surface area contributed by atoms with Crippen molar-refractivity contribution in [1.82, 2.24) is 14.9 Å². The fourth-order valence-electron chi connectivity index (χ4n) is 3.04. The number of aromatic nitrogens is 2. The van der Waals surface area contributed by atoms with Gasteiger partial charge in [-0.05, 0) is 44.5 Å². The molecule has 1 fully saturated rings. The molecule has 1 aromatic carbocycles. The molecule has 1 aromatic heterocycles. The third-order valence-corrected chi connectivity index (χ3v) is 4.04. The molecule has 4 heteroatoms. The largest absolute Gasteiger partial charge is 0.325 e. The van der Waals surface area contributed by atoms with Gasteiger partial charge in [-0.1, -0.05) is 6.92 Å². The Morgan fingerprint density at radius 3 is 2.79 bits per heavy atom. The van der Waals surface area contributed by atoms with Crippen LogP contribution >= 0.6 is 0 Å². The van der Waals surface area contributed by atoms with Gasteiger partial charge in [0.05, 0.1) is 11.0 Å². The van der Waals surface area contributed by atoms with Crippen LogP contribution in [0.2, 0.25) is 0 Å². The maximum Gasteiger partial charge on any atom is 0.125 e. The first-order valence-electron chi connectivity index (χ1n) is 6.96. The SMILES string of the molecule is CC(C)n1c([C@@H]2CNC[C@H]2C)nc2ccc(F)cc21. The molecule has 0 spiro atoms.